The first kappa shape index (κ1) is 21.6. The van der Waals surface area contributed by atoms with E-state index < -0.39 is 35.7 Å². The minimum Gasteiger partial charge on any atom is -0.506 e. The van der Waals surface area contributed by atoms with E-state index in [1.807, 2.05) is 13.0 Å². The lowest BCUT2D eigenvalue weighted by Gasteiger charge is -2.49. The number of epoxide rings is 1. The third-order valence-electron chi connectivity index (χ3n) is 8.72. The Bertz CT molecular complexity index is 1360. The lowest BCUT2D eigenvalue weighted by Crippen LogP contribution is -2.69. The quantitative estimate of drug-likeness (QED) is 0.633. The molecule has 2 bridgehead atoms. The van der Waals surface area contributed by atoms with Crippen molar-refractivity contribution >= 4 is 16.6 Å². The maximum Gasteiger partial charge on any atom is 0.277 e. The molecule has 190 valence electrons. The second kappa shape index (κ2) is 6.69. The van der Waals surface area contributed by atoms with E-state index in [9.17, 15) is 9.90 Å². The number of hydrogen-bond donors (Lipinski definition) is 1. The molecule has 0 radical (unpaired) electrons. The number of hydrogen-bond acceptors (Lipinski definition) is 10. The molecule has 5 aliphatic heterocycles. The van der Waals surface area contributed by atoms with Crippen LogP contribution in [0.15, 0.2) is 6.07 Å². The molecule has 0 amide bonds. The number of fused-ring (bicyclic) bond motifs is 8. The number of phenols is 1. The first-order chi connectivity index (χ1) is 17.4. The predicted octanol–water partition coefficient (Wildman–Crippen LogP) is 2.42. The van der Waals surface area contributed by atoms with Crippen LogP contribution in [0.4, 0.5) is 0 Å². The molecule has 1 spiro atoms. The van der Waals surface area contributed by atoms with Crippen LogP contribution in [0.1, 0.15) is 46.0 Å². The Balaban J connectivity index is 1.42. The summed E-state index contributed by atoms with van der Waals surface area (Å²) in [5, 5.41) is 12.6. The zero-order valence-corrected chi connectivity index (χ0v) is 20.2. The molecule has 8 rings (SSSR count). The van der Waals surface area contributed by atoms with Gasteiger partial charge in [0.05, 0.1) is 37.9 Å². The summed E-state index contributed by atoms with van der Waals surface area (Å²) in [5.74, 6) is -2.00. The fraction of sp³-hybridized carbons (Fsp3) is 0.577. The van der Waals surface area contributed by atoms with Crippen molar-refractivity contribution in [3.05, 3.63) is 28.3 Å². The number of rotatable bonds is 3. The fourth-order valence-electron chi connectivity index (χ4n) is 7.19. The minimum absolute atomic E-state index is 0.107. The maximum atomic E-state index is 13.0. The van der Waals surface area contributed by atoms with Gasteiger partial charge in [-0.05, 0) is 31.4 Å². The van der Waals surface area contributed by atoms with Crippen molar-refractivity contribution in [2.45, 2.75) is 61.9 Å². The standard InChI is InChI=1S/C26H26O10/c1-11-9-13-17(18(28)16-12(19(13)29-2)5-4-6-14(16)27)20-15(11)21-22-25(30-3,34-20)24(10-33-24)26(35-21,36-22)23-31-7-8-32-23/h9,21-23,28H,4-8,10H2,1-3H3/t21-,22+,24+,25+,26-/m1/s1. The molecule has 5 atom stereocenters. The number of carbonyl (C=O) groups is 1. The highest BCUT2D eigenvalue weighted by atomic mass is 16.9. The van der Waals surface area contributed by atoms with Crippen LogP contribution in [0, 0.1) is 6.92 Å². The van der Waals surface area contributed by atoms with Crippen molar-refractivity contribution in [3.8, 4) is 17.2 Å². The number of carbonyl (C=O) groups excluding carboxylic acids is 1. The Kier molecular flexibility index (Phi) is 4.01. The van der Waals surface area contributed by atoms with Crippen LogP contribution in [0.2, 0.25) is 0 Å². The Morgan fingerprint density at radius 3 is 2.61 bits per heavy atom. The highest BCUT2D eigenvalue weighted by molar-refractivity contribution is 6.11. The average molecular weight is 498 g/mol. The Morgan fingerprint density at radius 2 is 1.92 bits per heavy atom. The number of ketones is 1. The molecule has 0 saturated carbocycles. The summed E-state index contributed by atoms with van der Waals surface area (Å²) >= 11 is 0. The van der Waals surface area contributed by atoms with Gasteiger partial charge in [-0.15, -0.1) is 0 Å². The van der Waals surface area contributed by atoms with E-state index in [4.69, 9.17) is 37.9 Å². The molecular formula is C26H26O10. The molecule has 36 heavy (non-hydrogen) atoms. The number of aryl methyl sites for hydroxylation is 1. The van der Waals surface area contributed by atoms with E-state index in [1.165, 1.54) is 0 Å². The van der Waals surface area contributed by atoms with Crippen LogP contribution in [0.5, 0.6) is 17.2 Å². The van der Waals surface area contributed by atoms with Crippen molar-refractivity contribution in [2.75, 3.05) is 34.0 Å². The number of Topliss-reactive ketones (excluding diaryl/α,β-unsaturated/α-hetero) is 1. The molecule has 0 aromatic heterocycles. The summed E-state index contributed by atoms with van der Waals surface area (Å²) < 4.78 is 49.6. The molecule has 4 fully saturated rings. The largest absolute Gasteiger partial charge is 0.506 e. The highest BCUT2D eigenvalue weighted by Gasteiger charge is 2.93. The van der Waals surface area contributed by atoms with Crippen LogP contribution < -0.4 is 9.47 Å². The monoisotopic (exact) mass is 498 g/mol. The van der Waals surface area contributed by atoms with Crippen molar-refractivity contribution in [1.29, 1.82) is 0 Å². The van der Waals surface area contributed by atoms with Gasteiger partial charge in [-0.2, -0.15) is 0 Å². The summed E-state index contributed by atoms with van der Waals surface area (Å²) in [7, 11) is 3.12. The summed E-state index contributed by atoms with van der Waals surface area (Å²) in [6.07, 6.45) is -0.330. The minimum atomic E-state index is -1.38. The zero-order chi connectivity index (χ0) is 24.6. The number of phenolic OH excluding ortho intramolecular Hbond substituents is 1. The van der Waals surface area contributed by atoms with Gasteiger partial charge in [-0.25, -0.2) is 0 Å². The van der Waals surface area contributed by atoms with Gasteiger partial charge >= 0.3 is 0 Å². The van der Waals surface area contributed by atoms with E-state index in [-0.39, 0.29) is 18.1 Å². The van der Waals surface area contributed by atoms with E-state index in [2.05, 4.69) is 0 Å². The van der Waals surface area contributed by atoms with E-state index >= 15 is 0 Å². The lowest BCUT2D eigenvalue weighted by atomic mass is 9.78. The Labute approximate surface area is 206 Å². The summed E-state index contributed by atoms with van der Waals surface area (Å²) in [6, 6.07) is 1.95. The highest BCUT2D eigenvalue weighted by Crippen LogP contribution is 2.72. The van der Waals surface area contributed by atoms with Gasteiger partial charge in [0.25, 0.3) is 11.6 Å². The molecule has 0 unspecified atom stereocenters. The van der Waals surface area contributed by atoms with Crippen molar-refractivity contribution < 1.29 is 47.8 Å². The van der Waals surface area contributed by atoms with Crippen molar-refractivity contribution in [2.24, 2.45) is 0 Å². The second-order valence-corrected chi connectivity index (χ2v) is 10.3. The van der Waals surface area contributed by atoms with Crippen LogP contribution in [-0.4, -0.2) is 74.5 Å². The second-order valence-electron chi connectivity index (χ2n) is 10.3. The lowest BCUT2D eigenvalue weighted by molar-refractivity contribution is -0.336. The molecule has 2 aromatic rings. The normalized spacial score (nSPS) is 37.9. The molecular weight excluding hydrogens is 472 g/mol. The van der Waals surface area contributed by atoms with E-state index in [0.717, 1.165) is 16.7 Å². The summed E-state index contributed by atoms with van der Waals surface area (Å²) in [6.45, 7) is 3.04. The topological polar surface area (TPSA) is 114 Å². The fourth-order valence-corrected chi connectivity index (χ4v) is 7.19. The zero-order valence-electron chi connectivity index (χ0n) is 20.2. The number of benzene rings is 2. The molecule has 10 nitrogen and oxygen atoms in total. The summed E-state index contributed by atoms with van der Waals surface area (Å²) in [4.78, 5) is 13.0. The van der Waals surface area contributed by atoms with Gasteiger partial charge < -0.3 is 43.0 Å². The van der Waals surface area contributed by atoms with E-state index in [0.29, 0.717) is 60.3 Å². The number of ether oxygens (including phenoxy) is 8. The van der Waals surface area contributed by atoms with Gasteiger partial charge in [0.15, 0.2) is 11.9 Å². The van der Waals surface area contributed by atoms with Gasteiger partial charge in [0.2, 0.25) is 11.9 Å². The van der Waals surface area contributed by atoms with Crippen LogP contribution in [0.3, 0.4) is 0 Å². The van der Waals surface area contributed by atoms with Gasteiger partial charge in [-0.3, -0.25) is 4.79 Å². The first-order valence-electron chi connectivity index (χ1n) is 12.3. The molecule has 6 aliphatic rings. The molecule has 10 heteroatoms. The Hall–Kier alpha value is -2.47. The molecule has 1 N–H and O–H groups in total. The number of methoxy groups -OCH3 is 2. The smallest absolute Gasteiger partial charge is 0.277 e. The van der Waals surface area contributed by atoms with Crippen LogP contribution in [0.25, 0.3) is 10.8 Å². The van der Waals surface area contributed by atoms with Gasteiger partial charge in [0.1, 0.15) is 23.4 Å². The maximum absolute atomic E-state index is 13.0. The molecule has 1 aliphatic carbocycles. The molecule has 4 saturated heterocycles. The molecule has 5 heterocycles. The third kappa shape index (κ3) is 2.13. The predicted molar refractivity (Wildman–Crippen MR) is 120 cm³/mol. The van der Waals surface area contributed by atoms with Gasteiger partial charge in [0, 0.05) is 30.0 Å². The van der Waals surface area contributed by atoms with Crippen LogP contribution >= 0.6 is 0 Å². The van der Waals surface area contributed by atoms with Crippen molar-refractivity contribution in [1.82, 2.24) is 0 Å². The first-order valence-corrected chi connectivity index (χ1v) is 12.3. The third-order valence-corrected chi connectivity index (χ3v) is 8.72. The van der Waals surface area contributed by atoms with E-state index in [1.54, 1.807) is 14.2 Å². The Morgan fingerprint density at radius 1 is 1.14 bits per heavy atom. The van der Waals surface area contributed by atoms with Gasteiger partial charge in [-0.1, -0.05) is 0 Å². The van der Waals surface area contributed by atoms with Crippen LogP contribution in [-0.2, 0) is 34.8 Å². The van der Waals surface area contributed by atoms with Crippen molar-refractivity contribution in [3.63, 3.8) is 0 Å². The average Bonchev–Trinajstić information content (AvgIpc) is 3.23. The molecule has 2 aromatic carbocycles. The SMILES string of the molecule is COc1c2c(c(O)c3c4c(c(C)cc13)[C@H]1O[C@]3(C5OCCO5)O[C@@H]1[C@](OC)(O4)[C@@]31CO1)C(=O)CCC2. The summed E-state index contributed by atoms with van der Waals surface area (Å²) in [5.41, 5.74) is 1.50. The number of aromatic hydroxyl groups is 1.